The van der Waals surface area contributed by atoms with Gasteiger partial charge in [0.1, 0.15) is 11.9 Å². The summed E-state index contributed by atoms with van der Waals surface area (Å²) in [5.41, 5.74) is 8.89. The van der Waals surface area contributed by atoms with Crippen molar-refractivity contribution in [1.82, 2.24) is 0 Å². The Balaban J connectivity index is 1.62. The Morgan fingerprint density at radius 1 is 1.10 bits per heavy atom. The lowest BCUT2D eigenvalue weighted by Crippen LogP contribution is -2.25. The van der Waals surface area contributed by atoms with Crippen molar-refractivity contribution in [2.75, 3.05) is 0 Å². The van der Waals surface area contributed by atoms with E-state index in [0.717, 1.165) is 18.6 Å². The van der Waals surface area contributed by atoms with Crippen LogP contribution in [-0.4, -0.2) is 6.10 Å². The summed E-state index contributed by atoms with van der Waals surface area (Å²) in [5, 5.41) is 0. The molecule has 3 unspecified atom stereocenters. The summed E-state index contributed by atoms with van der Waals surface area (Å²) in [6.45, 7) is 2.21. The molecular formula is C18H21NO. The third kappa shape index (κ3) is 2.70. The SMILES string of the molecule is CC(CC1Cc2ccccc2O1)C(N)c1ccccc1. The zero-order valence-electron chi connectivity index (χ0n) is 11.8. The van der Waals surface area contributed by atoms with Crippen molar-refractivity contribution < 1.29 is 4.74 Å². The minimum Gasteiger partial charge on any atom is -0.490 e. The van der Waals surface area contributed by atoms with Crippen LogP contribution >= 0.6 is 0 Å². The number of hydrogen-bond donors (Lipinski definition) is 1. The standard InChI is InChI=1S/C18H21NO/c1-13(18(19)14-7-3-2-4-8-14)11-16-12-15-9-5-6-10-17(15)20-16/h2-10,13,16,18H,11-12,19H2,1H3. The molecule has 0 saturated heterocycles. The van der Waals surface area contributed by atoms with Gasteiger partial charge < -0.3 is 10.5 Å². The van der Waals surface area contributed by atoms with Crippen LogP contribution in [0.15, 0.2) is 54.6 Å². The van der Waals surface area contributed by atoms with E-state index < -0.39 is 0 Å². The van der Waals surface area contributed by atoms with Gasteiger partial charge in [0.2, 0.25) is 0 Å². The van der Waals surface area contributed by atoms with Crippen molar-refractivity contribution in [2.24, 2.45) is 11.7 Å². The normalized spacial score (nSPS) is 20.0. The second-order valence-electron chi connectivity index (χ2n) is 5.70. The van der Waals surface area contributed by atoms with Gasteiger partial charge in [-0.15, -0.1) is 0 Å². The molecule has 0 fully saturated rings. The fourth-order valence-electron chi connectivity index (χ4n) is 2.95. The zero-order valence-corrected chi connectivity index (χ0v) is 11.8. The van der Waals surface area contributed by atoms with Gasteiger partial charge >= 0.3 is 0 Å². The molecule has 3 rings (SSSR count). The highest BCUT2D eigenvalue weighted by molar-refractivity contribution is 5.37. The lowest BCUT2D eigenvalue weighted by Gasteiger charge is -2.23. The zero-order chi connectivity index (χ0) is 13.9. The van der Waals surface area contributed by atoms with Gasteiger partial charge in [-0.25, -0.2) is 0 Å². The van der Waals surface area contributed by atoms with E-state index in [1.807, 2.05) is 24.3 Å². The van der Waals surface area contributed by atoms with Crippen LogP contribution in [0.2, 0.25) is 0 Å². The Hall–Kier alpha value is -1.80. The number of fused-ring (bicyclic) bond motifs is 1. The Bertz CT molecular complexity index is 542. The van der Waals surface area contributed by atoms with Crippen LogP contribution in [0.1, 0.15) is 30.5 Å². The molecule has 104 valence electrons. The number of benzene rings is 2. The quantitative estimate of drug-likeness (QED) is 0.916. The third-order valence-electron chi connectivity index (χ3n) is 4.15. The molecule has 3 atom stereocenters. The van der Waals surface area contributed by atoms with Crippen LogP contribution in [0.25, 0.3) is 0 Å². The molecule has 0 aliphatic carbocycles. The molecule has 1 aliphatic heterocycles. The van der Waals surface area contributed by atoms with Crippen LogP contribution in [0.3, 0.4) is 0 Å². The van der Waals surface area contributed by atoms with E-state index >= 15 is 0 Å². The van der Waals surface area contributed by atoms with Crippen molar-refractivity contribution >= 4 is 0 Å². The van der Waals surface area contributed by atoms with Gasteiger partial charge in [0.25, 0.3) is 0 Å². The molecule has 1 aliphatic rings. The van der Waals surface area contributed by atoms with Gasteiger partial charge in [-0.05, 0) is 29.5 Å². The minimum atomic E-state index is 0.0727. The predicted octanol–water partition coefficient (Wildman–Crippen LogP) is 3.72. The number of hydrogen-bond acceptors (Lipinski definition) is 2. The van der Waals surface area contributed by atoms with E-state index in [0.29, 0.717) is 5.92 Å². The summed E-state index contributed by atoms with van der Waals surface area (Å²) in [6.07, 6.45) is 2.25. The Morgan fingerprint density at radius 3 is 2.55 bits per heavy atom. The van der Waals surface area contributed by atoms with Crippen molar-refractivity contribution in [3.63, 3.8) is 0 Å². The lowest BCUT2D eigenvalue weighted by molar-refractivity contribution is 0.189. The van der Waals surface area contributed by atoms with Gasteiger partial charge in [0.05, 0.1) is 0 Å². The summed E-state index contributed by atoms with van der Waals surface area (Å²) < 4.78 is 6.01. The maximum atomic E-state index is 6.37. The molecule has 2 nitrogen and oxygen atoms in total. The minimum absolute atomic E-state index is 0.0727. The average Bonchev–Trinajstić information content (AvgIpc) is 2.89. The molecule has 0 radical (unpaired) electrons. The number of nitrogens with two attached hydrogens (primary N) is 1. The van der Waals surface area contributed by atoms with E-state index in [4.69, 9.17) is 10.5 Å². The highest BCUT2D eigenvalue weighted by Crippen LogP contribution is 2.33. The van der Waals surface area contributed by atoms with Gasteiger partial charge in [-0.3, -0.25) is 0 Å². The Labute approximate surface area is 120 Å². The molecule has 0 spiro atoms. The van der Waals surface area contributed by atoms with Crippen LogP contribution < -0.4 is 10.5 Å². The third-order valence-corrected chi connectivity index (χ3v) is 4.15. The van der Waals surface area contributed by atoms with Crippen LogP contribution in [-0.2, 0) is 6.42 Å². The first kappa shape index (κ1) is 13.2. The monoisotopic (exact) mass is 267 g/mol. The summed E-state index contributed by atoms with van der Waals surface area (Å²) in [7, 11) is 0. The van der Waals surface area contributed by atoms with Crippen LogP contribution in [0, 0.1) is 5.92 Å². The largest absolute Gasteiger partial charge is 0.490 e. The average molecular weight is 267 g/mol. The molecule has 0 amide bonds. The first-order valence-corrected chi connectivity index (χ1v) is 7.29. The van der Waals surface area contributed by atoms with E-state index in [1.165, 1.54) is 11.1 Å². The molecule has 0 aromatic heterocycles. The van der Waals surface area contributed by atoms with Crippen molar-refractivity contribution in [2.45, 2.75) is 31.9 Å². The summed E-state index contributed by atoms with van der Waals surface area (Å²) in [6, 6.07) is 18.7. The fraction of sp³-hybridized carbons (Fsp3) is 0.333. The second kappa shape index (κ2) is 5.68. The summed E-state index contributed by atoms with van der Waals surface area (Å²) >= 11 is 0. The number of para-hydroxylation sites is 1. The molecule has 20 heavy (non-hydrogen) atoms. The van der Waals surface area contributed by atoms with Crippen LogP contribution in [0.5, 0.6) is 5.75 Å². The van der Waals surface area contributed by atoms with E-state index in [2.05, 4.69) is 37.3 Å². The topological polar surface area (TPSA) is 35.2 Å². The van der Waals surface area contributed by atoms with Gasteiger partial charge in [0.15, 0.2) is 0 Å². The molecular weight excluding hydrogens is 246 g/mol. The molecule has 0 saturated carbocycles. The van der Waals surface area contributed by atoms with Gasteiger partial charge in [-0.1, -0.05) is 55.5 Å². The number of rotatable bonds is 4. The maximum absolute atomic E-state index is 6.37. The molecule has 1 heterocycles. The van der Waals surface area contributed by atoms with Crippen LogP contribution in [0.4, 0.5) is 0 Å². The molecule has 2 aromatic carbocycles. The van der Waals surface area contributed by atoms with Crippen molar-refractivity contribution in [3.05, 3.63) is 65.7 Å². The Morgan fingerprint density at radius 2 is 1.80 bits per heavy atom. The number of ether oxygens (including phenoxy) is 1. The lowest BCUT2D eigenvalue weighted by atomic mass is 9.90. The summed E-state index contributed by atoms with van der Waals surface area (Å²) in [4.78, 5) is 0. The highest BCUT2D eigenvalue weighted by atomic mass is 16.5. The molecule has 2 heteroatoms. The fourth-order valence-corrected chi connectivity index (χ4v) is 2.95. The highest BCUT2D eigenvalue weighted by Gasteiger charge is 2.26. The van der Waals surface area contributed by atoms with Gasteiger partial charge in [0, 0.05) is 12.5 Å². The first-order chi connectivity index (χ1) is 9.74. The second-order valence-corrected chi connectivity index (χ2v) is 5.70. The molecule has 2 N–H and O–H groups in total. The van der Waals surface area contributed by atoms with Crippen molar-refractivity contribution in [3.8, 4) is 5.75 Å². The molecule has 2 aromatic rings. The Kier molecular flexibility index (Phi) is 3.75. The first-order valence-electron chi connectivity index (χ1n) is 7.29. The summed E-state index contributed by atoms with van der Waals surface area (Å²) in [5.74, 6) is 1.44. The van der Waals surface area contributed by atoms with E-state index in [-0.39, 0.29) is 12.1 Å². The van der Waals surface area contributed by atoms with E-state index in [1.54, 1.807) is 0 Å². The maximum Gasteiger partial charge on any atom is 0.123 e. The predicted molar refractivity (Wildman–Crippen MR) is 81.7 cm³/mol. The van der Waals surface area contributed by atoms with Crippen molar-refractivity contribution in [1.29, 1.82) is 0 Å². The van der Waals surface area contributed by atoms with E-state index in [9.17, 15) is 0 Å². The van der Waals surface area contributed by atoms with Gasteiger partial charge in [-0.2, -0.15) is 0 Å². The molecule has 0 bridgehead atoms. The smallest absolute Gasteiger partial charge is 0.123 e.